The molecule has 0 bridgehead atoms. The summed E-state index contributed by atoms with van der Waals surface area (Å²) >= 11 is 5.96. The summed E-state index contributed by atoms with van der Waals surface area (Å²) < 4.78 is 7.24. The molecule has 1 fully saturated rings. The minimum Gasteiger partial charge on any atom is -0.470 e. The highest BCUT2D eigenvalue weighted by molar-refractivity contribution is 6.31. The van der Waals surface area contributed by atoms with E-state index in [0.717, 1.165) is 0 Å². The van der Waals surface area contributed by atoms with Crippen molar-refractivity contribution in [3.05, 3.63) is 41.8 Å². The van der Waals surface area contributed by atoms with Gasteiger partial charge in [0, 0.05) is 18.6 Å². The van der Waals surface area contributed by atoms with Crippen LogP contribution < -0.4 is 4.74 Å². The van der Waals surface area contributed by atoms with E-state index >= 15 is 0 Å². The van der Waals surface area contributed by atoms with E-state index in [0.29, 0.717) is 24.0 Å². The Morgan fingerprint density at radius 3 is 2.95 bits per heavy atom. The van der Waals surface area contributed by atoms with Gasteiger partial charge in [-0.1, -0.05) is 11.6 Å². The van der Waals surface area contributed by atoms with Gasteiger partial charge in [-0.05, 0) is 18.2 Å². The Labute approximate surface area is 120 Å². The Bertz CT molecular complexity index is 596. The van der Waals surface area contributed by atoms with Gasteiger partial charge in [0.05, 0.1) is 13.1 Å². The van der Waals surface area contributed by atoms with Crippen molar-refractivity contribution in [2.24, 2.45) is 0 Å². The lowest BCUT2D eigenvalue weighted by atomic mass is 10.1. The SMILES string of the molecule is O=C(Cn1cccn1)N1CC(Oc2ncccc2Cl)C1. The van der Waals surface area contributed by atoms with Crippen molar-refractivity contribution >= 4 is 17.5 Å². The van der Waals surface area contributed by atoms with Crippen LogP contribution in [0.5, 0.6) is 5.88 Å². The molecule has 1 aliphatic heterocycles. The summed E-state index contributed by atoms with van der Waals surface area (Å²) in [7, 11) is 0. The van der Waals surface area contributed by atoms with Gasteiger partial charge in [0.2, 0.25) is 11.8 Å². The molecule has 1 aliphatic rings. The molecule has 0 aromatic carbocycles. The summed E-state index contributed by atoms with van der Waals surface area (Å²) in [6, 6.07) is 5.26. The summed E-state index contributed by atoms with van der Waals surface area (Å²) in [6.45, 7) is 1.35. The molecule has 3 heterocycles. The van der Waals surface area contributed by atoms with Crippen molar-refractivity contribution in [3.63, 3.8) is 0 Å². The smallest absolute Gasteiger partial charge is 0.244 e. The average molecular weight is 293 g/mol. The van der Waals surface area contributed by atoms with Crippen LogP contribution in [0, 0.1) is 0 Å². The van der Waals surface area contributed by atoms with E-state index in [1.165, 1.54) is 0 Å². The van der Waals surface area contributed by atoms with Crippen molar-refractivity contribution in [2.45, 2.75) is 12.6 Å². The van der Waals surface area contributed by atoms with Crippen LogP contribution in [0.4, 0.5) is 0 Å². The molecule has 104 valence electrons. The third-order valence-electron chi connectivity index (χ3n) is 3.06. The monoisotopic (exact) mass is 292 g/mol. The maximum Gasteiger partial charge on any atom is 0.244 e. The van der Waals surface area contributed by atoms with Crippen LogP contribution in [0.1, 0.15) is 0 Å². The summed E-state index contributed by atoms with van der Waals surface area (Å²) in [4.78, 5) is 17.7. The first kappa shape index (κ1) is 12.9. The largest absolute Gasteiger partial charge is 0.470 e. The van der Waals surface area contributed by atoms with Gasteiger partial charge >= 0.3 is 0 Å². The predicted molar refractivity (Wildman–Crippen MR) is 72.5 cm³/mol. The second kappa shape index (κ2) is 5.50. The number of amides is 1. The number of hydrogen-bond acceptors (Lipinski definition) is 4. The Morgan fingerprint density at radius 2 is 2.25 bits per heavy atom. The molecule has 3 rings (SSSR count). The third kappa shape index (κ3) is 2.75. The lowest BCUT2D eigenvalue weighted by Gasteiger charge is -2.38. The summed E-state index contributed by atoms with van der Waals surface area (Å²) in [5.74, 6) is 0.444. The van der Waals surface area contributed by atoms with Crippen LogP contribution >= 0.6 is 11.6 Å². The molecule has 0 N–H and O–H groups in total. The first-order valence-corrected chi connectivity index (χ1v) is 6.62. The molecule has 1 saturated heterocycles. The Balaban J connectivity index is 1.49. The molecule has 2 aromatic heterocycles. The Hall–Kier alpha value is -2.08. The highest BCUT2D eigenvalue weighted by Gasteiger charge is 2.32. The molecule has 1 amide bonds. The molecule has 0 unspecified atom stereocenters. The lowest BCUT2D eigenvalue weighted by molar-refractivity contribution is -0.140. The minimum absolute atomic E-state index is 0.0284. The van der Waals surface area contributed by atoms with E-state index in [1.54, 1.807) is 46.4 Å². The molecule has 0 aliphatic carbocycles. The first-order chi connectivity index (χ1) is 9.72. The second-order valence-corrected chi connectivity index (χ2v) is 4.94. The molecular formula is C13H13ClN4O2. The normalized spacial score (nSPS) is 14.9. The highest BCUT2D eigenvalue weighted by atomic mass is 35.5. The highest BCUT2D eigenvalue weighted by Crippen LogP contribution is 2.23. The number of nitrogens with zero attached hydrogens (tertiary/aromatic N) is 4. The fourth-order valence-electron chi connectivity index (χ4n) is 1.96. The zero-order chi connectivity index (χ0) is 13.9. The molecular weight excluding hydrogens is 280 g/mol. The molecule has 0 spiro atoms. The van der Waals surface area contributed by atoms with Gasteiger partial charge in [0.25, 0.3) is 0 Å². The number of aromatic nitrogens is 3. The average Bonchev–Trinajstić information content (AvgIpc) is 2.88. The van der Waals surface area contributed by atoms with E-state index in [-0.39, 0.29) is 18.6 Å². The fraction of sp³-hybridized carbons (Fsp3) is 0.308. The van der Waals surface area contributed by atoms with Crippen LogP contribution in [0.15, 0.2) is 36.8 Å². The Morgan fingerprint density at radius 1 is 1.40 bits per heavy atom. The maximum atomic E-state index is 11.9. The van der Waals surface area contributed by atoms with Crippen molar-refractivity contribution in [2.75, 3.05) is 13.1 Å². The number of carbonyl (C=O) groups is 1. The van der Waals surface area contributed by atoms with E-state index in [4.69, 9.17) is 16.3 Å². The number of carbonyl (C=O) groups excluding carboxylic acids is 1. The number of pyridine rings is 1. The topological polar surface area (TPSA) is 60.2 Å². The number of rotatable bonds is 4. The summed E-state index contributed by atoms with van der Waals surface area (Å²) in [5.41, 5.74) is 0. The van der Waals surface area contributed by atoms with Crippen molar-refractivity contribution in [3.8, 4) is 5.88 Å². The maximum absolute atomic E-state index is 11.9. The van der Waals surface area contributed by atoms with Crippen molar-refractivity contribution in [1.82, 2.24) is 19.7 Å². The van der Waals surface area contributed by atoms with Gasteiger partial charge in [-0.2, -0.15) is 5.10 Å². The van der Waals surface area contributed by atoms with Crippen LogP contribution in [0.3, 0.4) is 0 Å². The van der Waals surface area contributed by atoms with E-state index < -0.39 is 0 Å². The lowest BCUT2D eigenvalue weighted by Crippen LogP contribution is -2.57. The Kier molecular flexibility index (Phi) is 3.56. The summed E-state index contributed by atoms with van der Waals surface area (Å²) in [5, 5.41) is 4.49. The van der Waals surface area contributed by atoms with E-state index in [9.17, 15) is 4.79 Å². The minimum atomic E-state index is -0.0519. The van der Waals surface area contributed by atoms with Gasteiger partial charge in [-0.15, -0.1) is 0 Å². The molecule has 0 atom stereocenters. The van der Waals surface area contributed by atoms with Crippen LogP contribution in [0.25, 0.3) is 0 Å². The summed E-state index contributed by atoms with van der Waals surface area (Å²) in [6.07, 6.45) is 4.99. The van der Waals surface area contributed by atoms with Gasteiger partial charge in [-0.25, -0.2) is 4.98 Å². The first-order valence-electron chi connectivity index (χ1n) is 6.25. The van der Waals surface area contributed by atoms with E-state index in [2.05, 4.69) is 10.1 Å². The van der Waals surface area contributed by atoms with Gasteiger partial charge < -0.3 is 9.64 Å². The number of hydrogen-bond donors (Lipinski definition) is 0. The van der Waals surface area contributed by atoms with Crippen molar-refractivity contribution < 1.29 is 9.53 Å². The zero-order valence-electron chi connectivity index (χ0n) is 10.6. The molecule has 20 heavy (non-hydrogen) atoms. The fourth-order valence-corrected chi connectivity index (χ4v) is 2.13. The number of ether oxygens (including phenoxy) is 1. The van der Waals surface area contributed by atoms with Crippen LogP contribution in [0.2, 0.25) is 5.02 Å². The molecule has 6 nitrogen and oxygen atoms in total. The molecule has 0 saturated carbocycles. The van der Waals surface area contributed by atoms with E-state index in [1.807, 2.05) is 0 Å². The molecule has 2 aromatic rings. The van der Waals surface area contributed by atoms with Crippen molar-refractivity contribution in [1.29, 1.82) is 0 Å². The van der Waals surface area contributed by atoms with Gasteiger partial charge in [0.1, 0.15) is 17.7 Å². The molecule has 7 heteroatoms. The standard InChI is InChI=1S/C13H13ClN4O2/c14-11-3-1-4-15-13(11)20-10-7-17(8-10)12(19)9-18-6-2-5-16-18/h1-6,10H,7-9H2. The van der Waals surface area contributed by atoms with Crippen LogP contribution in [-0.2, 0) is 11.3 Å². The second-order valence-electron chi connectivity index (χ2n) is 4.53. The zero-order valence-corrected chi connectivity index (χ0v) is 11.4. The molecule has 0 radical (unpaired) electrons. The number of likely N-dealkylation sites (tertiary alicyclic amines) is 1. The number of halogens is 1. The van der Waals surface area contributed by atoms with Gasteiger partial charge in [-0.3, -0.25) is 9.48 Å². The van der Waals surface area contributed by atoms with Gasteiger partial charge in [0.15, 0.2) is 0 Å². The third-order valence-corrected chi connectivity index (χ3v) is 3.35. The van der Waals surface area contributed by atoms with Crippen LogP contribution in [-0.4, -0.2) is 44.8 Å². The predicted octanol–water partition coefficient (Wildman–Crippen LogP) is 1.22. The quantitative estimate of drug-likeness (QED) is 0.850.